The molecule has 0 radical (unpaired) electrons. The van der Waals surface area contributed by atoms with E-state index in [2.05, 4.69) is 11.0 Å². The Bertz CT molecular complexity index is 463. The molecule has 0 fully saturated rings. The molecule has 2 nitrogen and oxygen atoms in total. The summed E-state index contributed by atoms with van der Waals surface area (Å²) in [6.45, 7) is 0. The second kappa shape index (κ2) is 4.47. The molecule has 0 unspecified atom stereocenters. The SMILES string of the molecule is C#CCCc1cnn(-c2ccccc2)c1. The summed E-state index contributed by atoms with van der Waals surface area (Å²) in [4.78, 5) is 0. The Balaban J connectivity index is 2.18. The van der Waals surface area contributed by atoms with Gasteiger partial charge in [0.15, 0.2) is 0 Å². The molecule has 1 heterocycles. The highest BCUT2D eigenvalue weighted by Crippen LogP contribution is 2.08. The van der Waals surface area contributed by atoms with E-state index >= 15 is 0 Å². The van der Waals surface area contributed by atoms with Crippen molar-refractivity contribution in [2.75, 3.05) is 0 Å². The van der Waals surface area contributed by atoms with Crippen molar-refractivity contribution in [2.24, 2.45) is 0 Å². The first-order chi connectivity index (χ1) is 7.40. The fraction of sp³-hybridized carbons (Fsp3) is 0.154. The van der Waals surface area contributed by atoms with Gasteiger partial charge in [-0.3, -0.25) is 0 Å². The standard InChI is InChI=1S/C13H12N2/c1-2-3-7-12-10-14-15(11-12)13-8-5-4-6-9-13/h1,4-6,8-11H,3,7H2. The van der Waals surface area contributed by atoms with Crippen molar-refractivity contribution >= 4 is 0 Å². The molecule has 0 aliphatic carbocycles. The maximum atomic E-state index is 5.22. The number of aromatic nitrogens is 2. The van der Waals surface area contributed by atoms with Gasteiger partial charge in [0, 0.05) is 12.6 Å². The molecule has 1 aromatic carbocycles. The third-order valence-corrected chi connectivity index (χ3v) is 2.21. The lowest BCUT2D eigenvalue weighted by molar-refractivity contribution is 0.879. The first kappa shape index (κ1) is 9.54. The Morgan fingerprint density at radius 2 is 2.07 bits per heavy atom. The smallest absolute Gasteiger partial charge is 0.0645 e. The van der Waals surface area contributed by atoms with Gasteiger partial charge in [-0.05, 0) is 24.1 Å². The van der Waals surface area contributed by atoms with Gasteiger partial charge in [-0.1, -0.05) is 18.2 Å². The van der Waals surface area contributed by atoms with Crippen LogP contribution in [0, 0.1) is 12.3 Å². The van der Waals surface area contributed by atoms with Gasteiger partial charge in [-0.25, -0.2) is 4.68 Å². The van der Waals surface area contributed by atoms with E-state index in [0.29, 0.717) is 0 Å². The number of rotatable bonds is 3. The van der Waals surface area contributed by atoms with Gasteiger partial charge in [0.2, 0.25) is 0 Å². The molecular weight excluding hydrogens is 184 g/mol. The van der Waals surface area contributed by atoms with Crippen LogP contribution in [0.2, 0.25) is 0 Å². The molecule has 0 saturated carbocycles. The molecule has 2 rings (SSSR count). The molecule has 0 aliphatic heterocycles. The number of nitrogens with zero attached hydrogens (tertiary/aromatic N) is 2. The highest BCUT2D eigenvalue weighted by atomic mass is 15.3. The molecule has 0 N–H and O–H groups in total. The fourth-order valence-corrected chi connectivity index (χ4v) is 1.43. The zero-order valence-corrected chi connectivity index (χ0v) is 8.43. The summed E-state index contributed by atoms with van der Waals surface area (Å²) in [5, 5.41) is 4.29. The van der Waals surface area contributed by atoms with E-state index in [9.17, 15) is 0 Å². The Labute approximate surface area is 89.6 Å². The predicted molar refractivity (Wildman–Crippen MR) is 60.7 cm³/mol. The maximum Gasteiger partial charge on any atom is 0.0645 e. The van der Waals surface area contributed by atoms with Crippen molar-refractivity contribution in [2.45, 2.75) is 12.8 Å². The number of para-hydroxylation sites is 1. The molecule has 0 spiro atoms. The normalized spacial score (nSPS) is 9.80. The maximum absolute atomic E-state index is 5.22. The summed E-state index contributed by atoms with van der Waals surface area (Å²) in [6.07, 6.45) is 10.8. The lowest BCUT2D eigenvalue weighted by Gasteiger charge is -1.98. The van der Waals surface area contributed by atoms with Crippen molar-refractivity contribution in [1.29, 1.82) is 0 Å². The molecule has 15 heavy (non-hydrogen) atoms. The van der Waals surface area contributed by atoms with Crippen LogP contribution < -0.4 is 0 Å². The van der Waals surface area contributed by atoms with Crippen LogP contribution in [0.4, 0.5) is 0 Å². The minimum atomic E-state index is 0.764. The van der Waals surface area contributed by atoms with E-state index in [1.54, 1.807) is 0 Å². The van der Waals surface area contributed by atoms with E-state index in [1.807, 2.05) is 47.4 Å². The number of aryl methyl sites for hydroxylation is 1. The summed E-state index contributed by atoms with van der Waals surface area (Å²) in [7, 11) is 0. The Kier molecular flexibility index (Phi) is 2.85. The molecule has 0 aliphatic rings. The zero-order chi connectivity index (χ0) is 10.5. The van der Waals surface area contributed by atoms with Crippen LogP contribution in [0.3, 0.4) is 0 Å². The van der Waals surface area contributed by atoms with Crippen molar-refractivity contribution in [3.8, 4) is 18.0 Å². The molecule has 1 aromatic heterocycles. The molecule has 0 amide bonds. The highest BCUT2D eigenvalue weighted by Gasteiger charge is 1.99. The van der Waals surface area contributed by atoms with Crippen LogP contribution in [0.1, 0.15) is 12.0 Å². The average molecular weight is 196 g/mol. The zero-order valence-electron chi connectivity index (χ0n) is 8.43. The van der Waals surface area contributed by atoms with Gasteiger partial charge in [-0.2, -0.15) is 5.10 Å². The molecule has 0 bridgehead atoms. The third-order valence-electron chi connectivity index (χ3n) is 2.21. The highest BCUT2D eigenvalue weighted by molar-refractivity contribution is 5.30. The van der Waals surface area contributed by atoms with Gasteiger partial charge >= 0.3 is 0 Å². The van der Waals surface area contributed by atoms with Crippen LogP contribution in [0.25, 0.3) is 5.69 Å². The van der Waals surface area contributed by atoms with Gasteiger partial charge in [-0.15, -0.1) is 12.3 Å². The third kappa shape index (κ3) is 2.26. The molecular formula is C13H12N2. The topological polar surface area (TPSA) is 17.8 Å². The van der Waals surface area contributed by atoms with Gasteiger partial charge in [0.1, 0.15) is 0 Å². The molecule has 0 saturated heterocycles. The summed E-state index contributed by atoms with van der Waals surface area (Å²) in [5.41, 5.74) is 2.25. The average Bonchev–Trinajstić information content (AvgIpc) is 2.76. The van der Waals surface area contributed by atoms with Crippen LogP contribution in [0.5, 0.6) is 0 Å². The van der Waals surface area contributed by atoms with Crippen LogP contribution in [0.15, 0.2) is 42.7 Å². The lowest BCUT2D eigenvalue weighted by atomic mass is 10.2. The Morgan fingerprint density at radius 1 is 1.27 bits per heavy atom. The molecule has 2 heteroatoms. The summed E-state index contributed by atoms with van der Waals surface area (Å²) < 4.78 is 1.87. The summed E-state index contributed by atoms with van der Waals surface area (Å²) in [5.74, 6) is 2.63. The van der Waals surface area contributed by atoms with Crippen LogP contribution >= 0.6 is 0 Å². The number of terminal acetylenes is 1. The van der Waals surface area contributed by atoms with Gasteiger partial charge in [0.05, 0.1) is 11.9 Å². The summed E-state index contributed by atoms with van der Waals surface area (Å²) >= 11 is 0. The van der Waals surface area contributed by atoms with Crippen molar-refractivity contribution < 1.29 is 0 Å². The largest absolute Gasteiger partial charge is 0.241 e. The first-order valence-electron chi connectivity index (χ1n) is 4.92. The number of benzene rings is 1. The van der Waals surface area contributed by atoms with Crippen LogP contribution in [-0.2, 0) is 6.42 Å². The minimum Gasteiger partial charge on any atom is -0.241 e. The molecule has 74 valence electrons. The number of hydrogen-bond acceptors (Lipinski definition) is 1. The lowest BCUT2D eigenvalue weighted by Crippen LogP contribution is -1.92. The molecule has 0 atom stereocenters. The quantitative estimate of drug-likeness (QED) is 0.689. The summed E-state index contributed by atoms with van der Waals surface area (Å²) in [6, 6.07) is 10.0. The molecule has 2 aromatic rings. The second-order valence-electron chi connectivity index (χ2n) is 3.33. The van der Waals surface area contributed by atoms with E-state index < -0.39 is 0 Å². The Hall–Kier alpha value is -2.01. The minimum absolute atomic E-state index is 0.764. The van der Waals surface area contributed by atoms with Crippen molar-refractivity contribution in [1.82, 2.24) is 9.78 Å². The van der Waals surface area contributed by atoms with E-state index in [4.69, 9.17) is 6.42 Å². The monoisotopic (exact) mass is 196 g/mol. The first-order valence-corrected chi connectivity index (χ1v) is 4.92. The second-order valence-corrected chi connectivity index (χ2v) is 3.33. The van der Waals surface area contributed by atoms with Crippen molar-refractivity contribution in [3.05, 3.63) is 48.3 Å². The Morgan fingerprint density at radius 3 is 2.80 bits per heavy atom. The van der Waals surface area contributed by atoms with Crippen LogP contribution in [-0.4, -0.2) is 9.78 Å². The van der Waals surface area contributed by atoms with Crippen molar-refractivity contribution in [3.63, 3.8) is 0 Å². The van der Waals surface area contributed by atoms with Gasteiger partial charge in [0.25, 0.3) is 0 Å². The van der Waals surface area contributed by atoms with Gasteiger partial charge < -0.3 is 0 Å². The van der Waals surface area contributed by atoms with E-state index in [0.717, 1.165) is 18.5 Å². The van der Waals surface area contributed by atoms with E-state index in [-0.39, 0.29) is 0 Å². The predicted octanol–water partition coefficient (Wildman–Crippen LogP) is 2.44. The fourth-order valence-electron chi connectivity index (χ4n) is 1.43. The number of hydrogen-bond donors (Lipinski definition) is 0. The van der Waals surface area contributed by atoms with E-state index in [1.165, 1.54) is 5.56 Å².